The van der Waals surface area contributed by atoms with E-state index in [1.807, 2.05) is 19.1 Å². The molecule has 2 N–H and O–H groups in total. The van der Waals surface area contributed by atoms with Gasteiger partial charge in [-0.15, -0.1) is 10.2 Å². The lowest BCUT2D eigenvalue weighted by atomic mass is 10.1. The van der Waals surface area contributed by atoms with Crippen molar-refractivity contribution in [1.82, 2.24) is 30.3 Å². The second-order valence-corrected chi connectivity index (χ2v) is 7.99. The highest BCUT2D eigenvalue weighted by Crippen LogP contribution is 2.23. The standard InChI is InChI=1S/C21H32N6O3/c1-16-6-7-18(30-16)17(26-11-13-29-14-12-26)15-23-21(28)22-9-8-20-25-24-19-5-3-2-4-10-27(19)20/h6-7,17H,2-5,8-15H2,1H3,(H2,22,23,28)/t17-/m1/s1. The number of hydrogen-bond donors (Lipinski definition) is 2. The van der Waals surface area contributed by atoms with E-state index in [4.69, 9.17) is 9.15 Å². The lowest BCUT2D eigenvalue weighted by Gasteiger charge is -2.33. The van der Waals surface area contributed by atoms with E-state index in [0.29, 0.717) is 32.7 Å². The van der Waals surface area contributed by atoms with Crippen LogP contribution in [0, 0.1) is 6.92 Å². The molecule has 2 aromatic heterocycles. The van der Waals surface area contributed by atoms with Crippen LogP contribution in [0.4, 0.5) is 4.79 Å². The summed E-state index contributed by atoms with van der Waals surface area (Å²) in [5.74, 6) is 3.79. The van der Waals surface area contributed by atoms with Crippen molar-refractivity contribution in [3.63, 3.8) is 0 Å². The van der Waals surface area contributed by atoms with Gasteiger partial charge in [0, 0.05) is 45.6 Å². The van der Waals surface area contributed by atoms with Crippen molar-refractivity contribution in [2.45, 2.75) is 51.6 Å². The van der Waals surface area contributed by atoms with Crippen LogP contribution in [-0.2, 0) is 24.1 Å². The molecule has 0 spiro atoms. The number of aryl methyl sites for hydroxylation is 2. The lowest BCUT2D eigenvalue weighted by Crippen LogP contribution is -2.46. The zero-order valence-electron chi connectivity index (χ0n) is 17.7. The van der Waals surface area contributed by atoms with Gasteiger partial charge < -0.3 is 24.4 Å². The summed E-state index contributed by atoms with van der Waals surface area (Å²) in [6.45, 7) is 6.98. The molecule has 1 fully saturated rings. The monoisotopic (exact) mass is 416 g/mol. The molecule has 2 amide bonds. The third kappa shape index (κ3) is 5.20. The summed E-state index contributed by atoms with van der Waals surface area (Å²) in [4.78, 5) is 14.7. The molecule has 2 aliphatic heterocycles. The number of aromatic nitrogens is 3. The molecule has 9 heteroatoms. The van der Waals surface area contributed by atoms with Gasteiger partial charge in [-0.3, -0.25) is 4.90 Å². The lowest BCUT2D eigenvalue weighted by molar-refractivity contribution is 0.0121. The molecule has 1 atom stereocenters. The molecule has 2 aromatic rings. The SMILES string of the molecule is Cc1ccc([C@@H](CNC(=O)NCCc2nnc3n2CCCCC3)N2CCOCC2)o1. The van der Waals surface area contributed by atoms with Crippen LogP contribution in [0.2, 0.25) is 0 Å². The quantitative estimate of drug-likeness (QED) is 0.715. The van der Waals surface area contributed by atoms with Crippen LogP contribution in [0.25, 0.3) is 0 Å². The Hall–Kier alpha value is -2.39. The number of hydrogen-bond acceptors (Lipinski definition) is 6. The first kappa shape index (κ1) is 20.9. The molecule has 0 aliphatic carbocycles. The average Bonchev–Trinajstić information content (AvgIpc) is 3.27. The van der Waals surface area contributed by atoms with Gasteiger partial charge in [0.25, 0.3) is 0 Å². The topological polar surface area (TPSA) is 97.5 Å². The summed E-state index contributed by atoms with van der Waals surface area (Å²) in [5, 5.41) is 14.6. The van der Waals surface area contributed by atoms with E-state index < -0.39 is 0 Å². The van der Waals surface area contributed by atoms with E-state index >= 15 is 0 Å². The first-order chi connectivity index (χ1) is 14.7. The molecule has 4 rings (SSSR count). The van der Waals surface area contributed by atoms with E-state index in [0.717, 1.165) is 49.2 Å². The molecule has 2 aliphatic rings. The minimum atomic E-state index is -0.174. The largest absolute Gasteiger partial charge is 0.465 e. The van der Waals surface area contributed by atoms with Gasteiger partial charge >= 0.3 is 6.03 Å². The van der Waals surface area contributed by atoms with Crippen LogP contribution in [0.15, 0.2) is 16.5 Å². The second kappa shape index (κ2) is 10.1. The number of morpholine rings is 1. The number of carbonyl (C=O) groups is 1. The molecule has 164 valence electrons. The van der Waals surface area contributed by atoms with Gasteiger partial charge in [0.2, 0.25) is 0 Å². The third-order valence-corrected chi connectivity index (χ3v) is 5.85. The van der Waals surface area contributed by atoms with Gasteiger partial charge in [0.15, 0.2) is 0 Å². The highest BCUT2D eigenvalue weighted by atomic mass is 16.5. The maximum atomic E-state index is 12.4. The molecule has 9 nitrogen and oxygen atoms in total. The summed E-state index contributed by atoms with van der Waals surface area (Å²) in [5.41, 5.74) is 0. The van der Waals surface area contributed by atoms with Gasteiger partial charge in [0.1, 0.15) is 23.2 Å². The predicted octanol–water partition coefficient (Wildman–Crippen LogP) is 1.82. The normalized spacial score (nSPS) is 18.4. The molecule has 1 saturated heterocycles. The van der Waals surface area contributed by atoms with Gasteiger partial charge in [-0.25, -0.2) is 4.79 Å². The van der Waals surface area contributed by atoms with Crippen LogP contribution in [0.5, 0.6) is 0 Å². The maximum Gasteiger partial charge on any atom is 0.314 e. The minimum Gasteiger partial charge on any atom is -0.465 e. The number of nitrogens with one attached hydrogen (secondary N) is 2. The van der Waals surface area contributed by atoms with Crippen molar-refractivity contribution >= 4 is 6.03 Å². The first-order valence-electron chi connectivity index (χ1n) is 11.0. The van der Waals surface area contributed by atoms with Crippen molar-refractivity contribution in [2.24, 2.45) is 0 Å². The molecule has 30 heavy (non-hydrogen) atoms. The number of nitrogens with zero attached hydrogens (tertiary/aromatic N) is 4. The van der Waals surface area contributed by atoms with Crippen molar-refractivity contribution < 1.29 is 13.9 Å². The Balaban J connectivity index is 1.27. The van der Waals surface area contributed by atoms with Crippen molar-refractivity contribution in [3.05, 3.63) is 35.3 Å². The smallest absolute Gasteiger partial charge is 0.314 e. The van der Waals surface area contributed by atoms with E-state index in [-0.39, 0.29) is 12.1 Å². The Morgan fingerprint density at radius 2 is 2.00 bits per heavy atom. The van der Waals surface area contributed by atoms with Crippen LogP contribution >= 0.6 is 0 Å². The Kier molecular flexibility index (Phi) is 7.01. The Morgan fingerprint density at radius 3 is 2.80 bits per heavy atom. The fourth-order valence-electron chi connectivity index (χ4n) is 4.20. The molecule has 0 saturated carbocycles. The van der Waals surface area contributed by atoms with E-state index in [9.17, 15) is 4.79 Å². The Bertz CT molecular complexity index is 827. The van der Waals surface area contributed by atoms with E-state index in [1.165, 1.54) is 19.3 Å². The van der Waals surface area contributed by atoms with Crippen molar-refractivity contribution in [3.8, 4) is 0 Å². The number of furan rings is 1. The maximum absolute atomic E-state index is 12.4. The third-order valence-electron chi connectivity index (χ3n) is 5.85. The average molecular weight is 417 g/mol. The molecular formula is C21H32N6O3. The molecule has 0 aromatic carbocycles. The highest BCUT2D eigenvalue weighted by Gasteiger charge is 2.25. The van der Waals surface area contributed by atoms with Crippen LogP contribution in [-0.4, -0.2) is 65.1 Å². The van der Waals surface area contributed by atoms with Gasteiger partial charge in [-0.05, 0) is 31.9 Å². The fourth-order valence-corrected chi connectivity index (χ4v) is 4.20. The van der Waals surface area contributed by atoms with E-state index in [1.54, 1.807) is 0 Å². The molecule has 4 heterocycles. The van der Waals surface area contributed by atoms with Crippen molar-refractivity contribution in [2.75, 3.05) is 39.4 Å². The Labute approximate surface area is 177 Å². The molecule has 0 unspecified atom stereocenters. The number of fused-ring (bicyclic) bond motifs is 1. The number of rotatable bonds is 7. The summed E-state index contributed by atoms with van der Waals surface area (Å²) < 4.78 is 13.5. The zero-order valence-corrected chi connectivity index (χ0v) is 17.7. The van der Waals surface area contributed by atoms with Crippen LogP contribution < -0.4 is 10.6 Å². The summed E-state index contributed by atoms with van der Waals surface area (Å²) in [6, 6.07) is 3.78. The molecule has 0 radical (unpaired) electrons. The van der Waals surface area contributed by atoms with Crippen LogP contribution in [0.1, 0.15) is 48.5 Å². The predicted molar refractivity (Wildman–Crippen MR) is 111 cm³/mol. The fraction of sp³-hybridized carbons (Fsp3) is 0.667. The van der Waals surface area contributed by atoms with E-state index in [2.05, 4.69) is 30.3 Å². The highest BCUT2D eigenvalue weighted by molar-refractivity contribution is 5.73. The summed E-state index contributed by atoms with van der Waals surface area (Å²) in [7, 11) is 0. The van der Waals surface area contributed by atoms with Gasteiger partial charge in [-0.2, -0.15) is 0 Å². The number of ether oxygens (including phenoxy) is 1. The minimum absolute atomic E-state index is 0.000570. The van der Waals surface area contributed by atoms with Gasteiger partial charge in [-0.1, -0.05) is 6.42 Å². The Morgan fingerprint density at radius 1 is 1.13 bits per heavy atom. The number of amides is 2. The first-order valence-corrected chi connectivity index (χ1v) is 11.0. The van der Waals surface area contributed by atoms with Crippen molar-refractivity contribution in [1.29, 1.82) is 0 Å². The summed E-state index contributed by atoms with van der Waals surface area (Å²) in [6.07, 6.45) is 5.27. The summed E-state index contributed by atoms with van der Waals surface area (Å²) >= 11 is 0. The van der Waals surface area contributed by atoms with Crippen LogP contribution in [0.3, 0.4) is 0 Å². The number of carbonyl (C=O) groups excluding carboxylic acids is 1. The van der Waals surface area contributed by atoms with Gasteiger partial charge in [0.05, 0.1) is 19.3 Å². The second-order valence-electron chi connectivity index (χ2n) is 7.99. The number of urea groups is 1. The molecule has 0 bridgehead atoms. The molecular weight excluding hydrogens is 384 g/mol. The zero-order chi connectivity index (χ0) is 20.8.